The predicted molar refractivity (Wildman–Crippen MR) is 79.3 cm³/mol. The zero-order chi connectivity index (χ0) is 15.2. The number of methoxy groups -OCH3 is 1. The SMILES string of the molecule is C=CCOc1ccc(C(=O)NC(C)(C)CN)cc1OC. The Bertz CT molecular complexity index is 484. The van der Waals surface area contributed by atoms with Crippen molar-refractivity contribution >= 4 is 5.91 Å². The minimum atomic E-state index is -0.456. The third-order valence-corrected chi connectivity index (χ3v) is 2.74. The first-order valence-corrected chi connectivity index (χ1v) is 6.38. The molecule has 0 fully saturated rings. The summed E-state index contributed by atoms with van der Waals surface area (Å²) >= 11 is 0. The maximum Gasteiger partial charge on any atom is 0.251 e. The van der Waals surface area contributed by atoms with Gasteiger partial charge in [-0.1, -0.05) is 12.7 Å². The molecule has 0 heterocycles. The van der Waals surface area contributed by atoms with Gasteiger partial charge in [-0.2, -0.15) is 0 Å². The number of nitrogens with two attached hydrogens (primary N) is 1. The monoisotopic (exact) mass is 278 g/mol. The molecule has 0 atom stereocenters. The highest BCUT2D eigenvalue weighted by Gasteiger charge is 2.20. The Morgan fingerprint density at radius 3 is 2.70 bits per heavy atom. The summed E-state index contributed by atoms with van der Waals surface area (Å²) in [5, 5.41) is 2.86. The Morgan fingerprint density at radius 1 is 1.45 bits per heavy atom. The van der Waals surface area contributed by atoms with Crippen LogP contribution in [0.3, 0.4) is 0 Å². The molecule has 1 rings (SSSR count). The van der Waals surface area contributed by atoms with Crippen LogP contribution in [0.15, 0.2) is 30.9 Å². The zero-order valence-corrected chi connectivity index (χ0v) is 12.2. The molecule has 0 aliphatic heterocycles. The highest BCUT2D eigenvalue weighted by atomic mass is 16.5. The molecule has 20 heavy (non-hydrogen) atoms. The van der Waals surface area contributed by atoms with Gasteiger partial charge in [-0.05, 0) is 32.0 Å². The summed E-state index contributed by atoms with van der Waals surface area (Å²) in [5.74, 6) is 0.876. The first-order chi connectivity index (χ1) is 9.43. The van der Waals surface area contributed by atoms with Crippen LogP contribution in [0.2, 0.25) is 0 Å². The Morgan fingerprint density at radius 2 is 2.15 bits per heavy atom. The van der Waals surface area contributed by atoms with Gasteiger partial charge in [-0.25, -0.2) is 0 Å². The van der Waals surface area contributed by atoms with Gasteiger partial charge in [0.05, 0.1) is 7.11 Å². The Kier molecular flexibility index (Phi) is 5.58. The predicted octanol–water partition coefficient (Wildman–Crippen LogP) is 1.73. The summed E-state index contributed by atoms with van der Waals surface area (Å²) < 4.78 is 10.7. The van der Waals surface area contributed by atoms with Crippen molar-refractivity contribution in [3.05, 3.63) is 36.4 Å². The third kappa shape index (κ3) is 4.28. The lowest BCUT2D eigenvalue weighted by Gasteiger charge is -2.24. The van der Waals surface area contributed by atoms with E-state index in [0.29, 0.717) is 30.2 Å². The second-order valence-electron chi connectivity index (χ2n) is 5.01. The third-order valence-electron chi connectivity index (χ3n) is 2.74. The van der Waals surface area contributed by atoms with E-state index in [1.54, 1.807) is 24.3 Å². The van der Waals surface area contributed by atoms with Crippen molar-refractivity contribution < 1.29 is 14.3 Å². The maximum absolute atomic E-state index is 12.1. The summed E-state index contributed by atoms with van der Waals surface area (Å²) in [7, 11) is 1.53. The van der Waals surface area contributed by atoms with Gasteiger partial charge in [0, 0.05) is 17.6 Å². The Balaban J connectivity index is 2.92. The smallest absolute Gasteiger partial charge is 0.251 e. The molecular weight excluding hydrogens is 256 g/mol. The molecule has 0 aliphatic rings. The van der Waals surface area contributed by atoms with Gasteiger partial charge >= 0.3 is 0 Å². The average Bonchev–Trinajstić information content (AvgIpc) is 2.44. The second-order valence-corrected chi connectivity index (χ2v) is 5.01. The molecule has 0 aromatic heterocycles. The van der Waals surface area contributed by atoms with E-state index in [2.05, 4.69) is 11.9 Å². The fraction of sp³-hybridized carbons (Fsp3) is 0.400. The van der Waals surface area contributed by atoms with Gasteiger partial charge < -0.3 is 20.5 Å². The van der Waals surface area contributed by atoms with Gasteiger partial charge in [0.1, 0.15) is 6.61 Å². The number of hydrogen-bond donors (Lipinski definition) is 2. The second kappa shape index (κ2) is 6.96. The molecular formula is C15H22N2O3. The molecule has 0 saturated carbocycles. The van der Waals surface area contributed by atoms with Gasteiger partial charge in [0.15, 0.2) is 11.5 Å². The summed E-state index contributed by atoms with van der Waals surface area (Å²) in [6.07, 6.45) is 1.64. The highest BCUT2D eigenvalue weighted by Crippen LogP contribution is 2.28. The van der Waals surface area contributed by atoms with Crippen LogP contribution < -0.4 is 20.5 Å². The number of rotatable bonds is 7. The number of carbonyl (C=O) groups is 1. The van der Waals surface area contributed by atoms with Crippen molar-refractivity contribution in [3.63, 3.8) is 0 Å². The fourth-order valence-electron chi connectivity index (χ4n) is 1.51. The van der Waals surface area contributed by atoms with Crippen LogP contribution >= 0.6 is 0 Å². The van der Waals surface area contributed by atoms with Crippen LogP contribution in [0, 0.1) is 0 Å². The van der Waals surface area contributed by atoms with Crippen molar-refractivity contribution in [3.8, 4) is 11.5 Å². The molecule has 0 spiro atoms. The summed E-state index contributed by atoms with van der Waals surface area (Å²) in [6.45, 7) is 8.05. The number of hydrogen-bond acceptors (Lipinski definition) is 4. The molecule has 0 radical (unpaired) electrons. The van der Waals surface area contributed by atoms with Crippen LogP contribution in [-0.2, 0) is 0 Å². The number of carbonyl (C=O) groups excluding carboxylic acids is 1. The highest BCUT2D eigenvalue weighted by molar-refractivity contribution is 5.95. The van der Waals surface area contributed by atoms with Gasteiger partial charge in [-0.15, -0.1) is 0 Å². The van der Waals surface area contributed by atoms with Crippen LogP contribution in [-0.4, -0.2) is 31.7 Å². The van der Waals surface area contributed by atoms with E-state index in [1.165, 1.54) is 7.11 Å². The van der Waals surface area contributed by atoms with Crippen LogP contribution in [0.5, 0.6) is 11.5 Å². The van der Waals surface area contributed by atoms with Crippen LogP contribution in [0.4, 0.5) is 0 Å². The van der Waals surface area contributed by atoms with E-state index in [-0.39, 0.29) is 5.91 Å². The van der Waals surface area contributed by atoms with Crippen LogP contribution in [0.25, 0.3) is 0 Å². The molecule has 0 bridgehead atoms. The lowest BCUT2D eigenvalue weighted by molar-refractivity contribution is 0.0915. The number of amides is 1. The van der Waals surface area contributed by atoms with Crippen molar-refractivity contribution in [2.45, 2.75) is 19.4 Å². The largest absolute Gasteiger partial charge is 0.493 e. The summed E-state index contributed by atoms with van der Waals surface area (Å²) in [5.41, 5.74) is 5.64. The molecule has 1 aromatic rings. The van der Waals surface area contributed by atoms with Crippen molar-refractivity contribution in [1.29, 1.82) is 0 Å². The van der Waals surface area contributed by atoms with Crippen molar-refractivity contribution in [2.75, 3.05) is 20.3 Å². The fourth-order valence-corrected chi connectivity index (χ4v) is 1.51. The molecule has 0 saturated heterocycles. The van der Waals surface area contributed by atoms with Gasteiger partial charge in [-0.3, -0.25) is 4.79 Å². The van der Waals surface area contributed by atoms with E-state index >= 15 is 0 Å². The Labute approximate surface area is 119 Å². The topological polar surface area (TPSA) is 73.6 Å². The average molecular weight is 278 g/mol. The number of nitrogens with one attached hydrogen (secondary N) is 1. The lowest BCUT2D eigenvalue weighted by Crippen LogP contribution is -2.48. The molecule has 5 nitrogen and oxygen atoms in total. The zero-order valence-electron chi connectivity index (χ0n) is 12.2. The lowest BCUT2D eigenvalue weighted by atomic mass is 10.1. The van der Waals surface area contributed by atoms with E-state index in [4.69, 9.17) is 15.2 Å². The molecule has 0 aliphatic carbocycles. The Hall–Kier alpha value is -2.01. The van der Waals surface area contributed by atoms with Crippen LogP contribution in [0.1, 0.15) is 24.2 Å². The molecule has 1 aromatic carbocycles. The van der Waals surface area contributed by atoms with E-state index in [0.717, 1.165) is 0 Å². The van der Waals surface area contributed by atoms with Crippen molar-refractivity contribution in [1.82, 2.24) is 5.32 Å². The molecule has 1 amide bonds. The summed E-state index contributed by atoms with van der Waals surface area (Å²) in [6, 6.07) is 5.02. The van der Waals surface area contributed by atoms with Gasteiger partial charge in [0.25, 0.3) is 5.91 Å². The molecule has 5 heteroatoms. The quantitative estimate of drug-likeness (QED) is 0.745. The van der Waals surface area contributed by atoms with E-state index in [1.807, 2.05) is 13.8 Å². The van der Waals surface area contributed by atoms with E-state index in [9.17, 15) is 4.79 Å². The molecule has 110 valence electrons. The number of ether oxygens (including phenoxy) is 2. The number of benzene rings is 1. The van der Waals surface area contributed by atoms with E-state index < -0.39 is 5.54 Å². The minimum Gasteiger partial charge on any atom is -0.493 e. The first kappa shape index (κ1) is 16.0. The van der Waals surface area contributed by atoms with Crippen molar-refractivity contribution in [2.24, 2.45) is 5.73 Å². The summed E-state index contributed by atoms with van der Waals surface area (Å²) in [4.78, 5) is 12.1. The first-order valence-electron chi connectivity index (χ1n) is 6.38. The maximum atomic E-state index is 12.1. The normalized spacial score (nSPS) is 10.8. The molecule has 3 N–H and O–H groups in total. The molecule has 0 unspecified atom stereocenters. The minimum absolute atomic E-state index is 0.200. The standard InChI is InChI=1S/C15H22N2O3/c1-5-8-20-12-7-6-11(9-13(12)19-4)14(18)17-15(2,3)10-16/h5-7,9H,1,8,10,16H2,2-4H3,(H,17,18). The van der Waals surface area contributed by atoms with Gasteiger partial charge in [0.2, 0.25) is 0 Å².